The van der Waals surface area contributed by atoms with Gasteiger partial charge in [-0.1, -0.05) is 29.4 Å². The van der Waals surface area contributed by atoms with E-state index in [0.717, 1.165) is 4.68 Å². The molecule has 0 aliphatic rings. The molecule has 0 spiro atoms. The van der Waals surface area contributed by atoms with Gasteiger partial charge in [-0.3, -0.25) is 4.79 Å². The van der Waals surface area contributed by atoms with Gasteiger partial charge in [-0.2, -0.15) is 10.1 Å². The quantitative estimate of drug-likeness (QED) is 0.431. The van der Waals surface area contributed by atoms with Crippen LogP contribution < -0.4 is 15.0 Å². The van der Waals surface area contributed by atoms with Gasteiger partial charge in [0.1, 0.15) is 6.54 Å². The summed E-state index contributed by atoms with van der Waals surface area (Å²) in [7, 11) is 4.29. The van der Waals surface area contributed by atoms with Gasteiger partial charge in [-0.05, 0) is 18.2 Å². The van der Waals surface area contributed by atoms with Gasteiger partial charge >= 0.3 is 5.97 Å². The number of aromatic nitrogens is 4. The van der Waals surface area contributed by atoms with E-state index >= 15 is 0 Å². The monoisotopic (exact) mass is 422 g/mol. The Morgan fingerprint density at radius 2 is 1.81 bits per heavy atom. The molecule has 0 fully saturated rings. The summed E-state index contributed by atoms with van der Waals surface area (Å²) in [5.41, 5.74) is 0.180. The van der Waals surface area contributed by atoms with Crippen LogP contribution in [0.15, 0.2) is 51.8 Å². The van der Waals surface area contributed by atoms with Crippen molar-refractivity contribution in [2.45, 2.75) is 6.54 Å². The van der Waals surface area contributed by atoms with Crippen LogP contribution in [0.25, 0.3) is 22.2 Å². The van der Waals surface area contributed by atoms with Crippen molar-refractivity contribution < 1.29 is 23.5 Å². The molecule has 2 aromatic heterocycles. The third kappa shape index (κ3) is 3.59. The molecule has 4 aromatic rings. The van der Waals surface area contributed by atoms with Gasteiger partial charge < -0.3 is 18.7 Å². The van der Waals surface area contributed by atoms with Crippen LogP contribution in [-0.2, 0) is 11.3 Å². The zero-order valence-corrected chi connectivity index (χ0v) is 17.0. The number of para-hydroxylation sites is 1. The minimum absolute atomic E-state index is 0.0203. The molecule has 0 unspecified atom stereocenters. The fraction of sp³-hybridized carbons (Fsp3) is 0.190. The molecule has 31 heavy (non-hydrogen) atoms. The Hall–Kier alpha value is -4.21. The molecule has 0 saturated carbocycles. The number of ether oxygens (including phenoxy) is 3. The molecule has 10 nitrogen and oxygen atoms in total. The second kappa shape index (κ2) is 8.27. The number of methoxy groups -OCH3 is 3. The highest BCUT2D eigenvalue weighted by Crippen LogP contribution is 2.36. The van der Waals surface area contributed by atoms with Crippen LogP contribution in [0, 0.1) is 0 Å². The minimum Gasteiger partial charge on any atom is -0.493 e. The molecule has 0 aliphatic heterocycles. The van der Waals surface area contributed by atoms with Crippen molar-refractivity contribution in [2.24, 2.45) is 0 Å². The average Bonchev–Trinajstić information content (AvgIpc) is 3.28. The summed E-state index contributed by atoms with van der Waals surface area (Å²) in [4.78, 5) is 29.4. The molecule has 2 aromatic carbocycles. The second-order valence-electron chi connectivity index (χ2n) is 6.40. The summed E-state index contributed by atoms with van der Waals surface area (Å²) >= 11 is 0. The first-order chi connectivity index (χ1) is 15.1. The maximum absolute atomic E-state index is 12.9. The lowest BCUT2D eigenvalue weighted by atomic mass is 10.1. The van der Waals surface area contributed by atoms with Crippen LogP contribution in [0.1, 0.15) is 16.4 Å². The number of esters is 1. The average molecular weight is 422 g/mol. The molecule has 0 radical (unpaired) electrons. The Labute approximate surface area is 176 Å². The summed E-state index contributed by atoms with van der Waals surface area (Å²) in [6.45, 7) is -0.132. The number of hydrogen-bond donors (Lipinski definition) is 0. The fourth-order valence-corrected chi connectivity index (χ4v) is 3.21. The summed E-state index contributed by atoms with van der Waals surface area (Å²) in [5.74, 6) is 0.693. The van der Waals surface area contributed by atoms with E-state index in [-0.39, 0.29) is 24.0 Å². The maximum atomic E-state index is 12.9. The summed E-state index contributed by atoms with van der Waals surface area (Å²) < 4.78 is 21.9. The molecule has 0 aliphatic carbocycles. The molecule has 0 saturated heterocycles. The topological polar surface area (TPSA) is 119 Å². The SMILES string of the molecule is COC(=O)c1nn(Cc2nc(-c3cccc(OC)c3OC)no2)c(=O)c2ccccc12. The normalized spacial score (nSPS) is 10.8. The van der Waals surface area contributed by atoms with Crippen molar-refractivity contribution in [3.05, 3.63) is 64.4 Å². The van der Waals surface area contributed by atoms with Crippen LogP contribution in [0.2, 0.25) is 0 Å². The third-order valence-corrected chi connectivity index (χ3v) is 4.64. The van der Waals surface area contributed by atoms with E-state index in [0.29, 0.717) is 27.8 Å². The lowest BCUT2D eigenvalue weighted by molar-refractivity contribution is 0.0593. The van der Waals surface area contributed by atoms with Gasteiger partial charge in [-0.25, -0.2) is 9.48 Å². The van der Waals surface area contributed by atoms with E-state index < -0.39 is 11.5 Å². The summed E-state index contributed by atoms with van der Waals surface area (Å²) in [6, 6.07) is 11.9. The summed E-state index contributed by atoms with van der Waals surface area (Å²) in [5, 5.41) is 8.87. The van der Waals surface area contributed by atoms with Gasteiger partial charge in [0.15, 0.2) is 17.2 Å². The Morgan fingerprint density at radius 3 is 2.52 bits per heavy atom. The standard InChI is InChI=1S/C21H18N4O6/c1-28-15-10-6-9-14(18(15)29-2)19-22-16(31-24-19)11-25-20(26)13-8-5-4-7-12(13)17(23-25)21(27)30-3/h4-10H,11H2,1-3H3. The molecule has 0 bridgehead atoms. The van der Waals surface area contributed by atoms with Gasteiger partial charge in [-0.15, -0.1) is 0 Å². The first-order valence-electron chi connectivity index (χ1n) is 9.19. The number of hydrogen-bond acceptors (Lipinski definition) is 9. The van der Waals surface area contributed by atoms with Crippen LogP contribution >= 0.6 is 0 Å². The zero-order valence-electron chi connectivity index (χ0n) is 17.0. The maximum Gasteiger partial charge on any atom is 0.359 e. The largest absolute Gasteiger partial charge is 0.493 e. The predicted molar refractivity (Wildman–Crippen MR) is 109 cm³/mol. The number of fused-ring (bicyclic) bond motifs is 1. The number of rotatable bonds is 6. The van der Waals surface area contributed by atoms with E-state index in [9.17, 15) is 9.59 Å². The van der Waals surface area contributed by atoms with Crippen molar-refractivity contribution in [1.29, 1.82) is 0 Å². The number of carbonyl (C=O) groups excluding carboxylic acids is 1. The molecular formula is C21H18N4O6. The lowest BCUT2D eigenvalue weighted by Crippen LogP contribution is -2.27. The van der Waals surface area contributed by atoms with Gasteiger partial charge in [0, 0.05) is 5.39 Å². The van der Waals surface area contributed by atoms with Crippen LogP contribution in [0.4, 0.5) is 0 Å². The highest BCUT2D eigenvalue weighted by atomic mass is 16.5. The third-order valence-electron chi connectivity index (χ3n) is 4.64. The van der Waals surface area contributed by atoms with Gasteiger partial charge in [0.25, 0.3) is 5.56 Å². The Bertz CT molecular complexity index is 1330. The van der Waals surface area contributed by atoms with Gasteiger partial charge in [0.05, 0.1) is 32.3 Å². The van der Waals surface area contributed by atoms with E-state index in [4.69, 9.17) is 18.7 Å². The Balaban J connectivity index is 1.75. The van der Waals surface area contributed by atoms with Crippen molar-refractivity contribution in [3.63, 3.8) is 0 Å². The minimum atomic E-state index is -0.655. The van der Waals surface area contributed by atoms with Crippen molar-refractivity contribution in [1.82, 2.24) is 19.9 Å². The molecular weight excluding hydrogens is 404 g/mol. The molecule has 0 atom stereocenters. The van der Waals surface area contributed by atoms with E-state index in [1.807, 2.05) is 0 Å². The first kappa shape index (κ1) is 20.1. The molecule has 158 valence electrons. The van der Waals surface area contributed by atoms with Crippen LogP contribution in [-0.4, -0.2) is 47.2 Å². The molecule has 0 N–H and O–H groups in total. The second-order valence-corrected chi connectivity index (χ2v) is 6.40. The summed E-state index contributed by atoms with van der Waals surface area (Å²) in [6.07, 6.45) is 0. The lowest BCUT2D eigenvalue weighted by Gasteiger charge is -2.09. The highest BCUT2D eigenvalue weighted by Gasteiger charge is 2.20. The molecule has 0 amide bonds. The van der Waals surface area contributed by atoms with Crippen molar-refractivity contribution in [3.8, 4) is 22.9 Å². The van der Waals surface area contributed by atoms with Crippen molar-refractivity contribution in [2.75, 3.05) is 21.3 Å². The van der Waals surface area contributed by atoms with Crippen LogP contribution in [0.5, 0.6) is 11.5 Å². The number of carbonyl (C=O) groups is 1. The van der Waals surface area contributed by atoms with Gasteiger partial charge in [0.2, 0.25) is 11.7 Å². The molecule has 4 rings (SSSR count). The van der Waals surface area contributed by atoms with E-state index in [1.54, 1.807) is 42.5 Å². The highest BCUT2D eigenvalue weighted by molar-refractivity contribution is 6.02. The van der Waals surface area contributed by atoms with Crippen molar-refractivity contribution >= 4 is 16.7 Å². The fourth-order valence-electron chi connectivity index (χ4n) is 3.21. The molecule has 2 heterocycles. The van der Waals surface area contributed by atoms with E-state index in [2.05, 4.69) is 15.2 Å². The Kier molecular flexibility index (Phi) is 5.35. The smallest absolute Gasteiger partial charge is 0.359 e. The van der Waals surface area contributed by atoms with Crippen LogP contribution in [0.3, 0.4) is 0 Å². The molecule has 10 heteroatoms. The first-order valence-corrected chi connectivity index (χ1v) is 9.19. The van der Waals surface area contributed by atoms with E-state index in [1.165, 1.54) is 21.3 Å². The number of benzene rings is 2. The Morgan fingerprint density at radius 1 is 1.03 bits per heavy atom. The zero-order chi connectivity index (χ0) is 22.0. The number of nitrogens with zero attached hydrogens (tertiary/aromatic N) is 4. The predicted octanol–water partition coefficient (Wildman–Crippen LogP) is 2.30.